The molecule has 0 rings (SSSR count). The fraction of sp³-hybridized carbons (Fsp3) is 0.500. The van der Waals surface area contributed by atoms with Crippen molar-refractivity contribution in [3.63, 3.8) is 0 Å². The normalized spacial score (nSPS) is 15.4. The minimum Gasteiger partial charge on any atom is -0.303 e. The maximum absolute atomic E-state index is 10.6. The van der Waals surface area contributed by atoms with E-state index in [-0.39, 0.29) is 12.7 Å². The Bertz CT molecular complexity index is 166. The Hall–Kier alpha value is -0.700. The number of carbonyl (C=O) groups excluding carboxylic acids is 3. The van der Waals surface area contributed by atoms with Crippen molar-refractivity contribution in [2.45, 2.75) is 18.2 Å². The molecule has 0 aromatic heterocycles. The number of carbonyl (C=O) groups is 3. The molecule has 0 aliphatic carbocycles. The lowest BCUT2D eigenvalue weighted by molar-refractivity contribution is -0.126. The lowest BCUT2D eigenvalue weighted by Gasteiger charge is -2.11. The van der Waals surface area contributed by atoms with Gasteiger partial charge in [-0.15, -0.1) is 11.6 Å². The molecule has 0 aromatic carbocycles. The minimum absolute atomic E-state index is 0.257. The van der Waals surface area contributed by atoms with Gasteiger partial charge in [0.1, 0.15) is 12.6 Å². The molecule has 0 radical (unpaired) electrons. The molecule has 10 heavy (non-hydrogen) atoms. The zero-order valence-corrected chi connectivity index (χ0v) is 6.22. The van der Waals surface area contributed by atoms with E-state index in [0.29, 0.717) is 6.29 Å². The SMILES string of the molecule is CC(=O)C(Cl)(C=O)CC=O. The fourth-order valence-electron chi connectivity index (χ4n) is 0.396. The predicted octanol–water partition coefficient (Wildman–Crippen LogP) is 0.341. The van der Waals surface area contributed by atoms with Gasteiger partial charge in [-0.05, 0) is 6.92 Å². The van der Waals surface area contributed by atoms with E-state index in [1.165, 1.54) is 6.92 Å². The molecule has 4 heteroatoms. The smallest absolute Gasteiger partial charge is 0.164 e. The zero-order chi connectivity index (χ0) is 8.20. The number of hydrogen-bond acceptors (Lipinski definition) is 3. The summed E-state index contributed by atoms with van der Waals surface area (Å²) in [6, 6.07) is 0. The van der Waals surface area contributed by atoms with Gasteiger partial charge in [-0.3, -0.25) is 4.79 Å². The van der Waals surface area contributed by atoms with Gasteiger partial charge in [-0.2, -0.15) is 0 Å². The quantitative estimate of drug-likeness (QED) is 0.340. The largest absolute Gasteiger partial charge is 0.303 e. The van der Waals surface area contributed by atoms with E-state index in [1.54, 1.807) is 0 Å². The minimum atomic E-state index is -1.62. The van der Waals surface area contributed by atoms with Crippen LogP contribution in [0.4, 0.5) is 0 Å². The van der Waals surface area contributed by atoms with Crippen LogP contribution in [0, 0.1) is 0 Å². The summed E-state index contributed by atoms with van der Waals surface area (Å²) in [4.78, 5) is 29.0. The number of hydrogen-bond donors (Lipinski definition) is 0. The van der Waals surface area contributed by atoms with Crippen LogP contribution in [0.2, 0.25) is 0 Å². The van der Waals surface area contributed by atoms with Crippen LogP contribution in [0.3, 0.4) is 0 Å². The maximum Gasteiger partial charge on any atom is 0.164 e. The second kappa shape index (κ2) is 3.46. The van der Waals surface area contributed by atoms with Crippen molar-refractivity contribution in [2.75, 3.05) is 0 Å². The van der Waals surface area contributed by atoms with Gasteiger partial charge in [-0.25, -0.2) is 0 Å². The molecular formula is C6H7ClO3. The highest BCUT2D eigenvalue weighted by atomic mass is 35.5. The van der Waals surface area contributed by atoms with E-state index in [1.807, 2.05) is 0 Å². The van der Waals surface area contributed by atoms with Gasteiger partial charge in [0, 0.05) is 6.42 Å². The Morgan fingerprint density at radius 1 is 1.60 bits per heavy atom. The van der Waals surface area contributed by atoms with E-state index in [0.717, 1.165) is 0 Å². The Balaban J connectivity index is 4.36. The first-order chi connectivity index (χ1) is 4.56. The van der Waals surface area contributed by atoms with Crippen LogP contribution in [0.15, 0.2) is 0 Å². The Labute approximate surface area is 63.4 Å². The van der Waals surface area contributed by atoms with Crippen LogP contribution in [-0.4, -0.2) is 23.2 Å². The van der Waals surface area contributed by atoms with Crippen molar-refractivity contribution < 1.29 is 14.4 Å². The Kier molecular flexibility index (Phi) is 3.22. The van der Waals surface area contributed by atoms with Crippen LogP contribution < -0.4 is 0 Å². The lowest BCUT2D eigenvalue weighted by atomic mass is 10.0. The number of ketones is 1. The zero-order valence-electron chi connectivity index (χ0n) is 5.46. The van der Waals surface area contributed by atoms with E-state index in [4.69, 9.17) is 11.6 Å². The van der Waals surface area contributed by atoms with Crippen LogP contribution >= 0.6 is 11.6 Å². The van der Waals surface area contributed by atoms with Gasteiger partial charge in [0.2, 0.25) is 0 Å². The molecule has 0 saturated carbocycles. The monoisotopic (exact) mass is 162 g/mol. The lowest BCUT2D eigenvalue weighted by Crippen LogP contribution is -2.32. The third-order valence-corrected chi connectivity index (χ3v) is 1.66. The first-order valence-electron chi connectivity index (χ1n) is 2.66. The van der Waals surface area contributed by atoms with Crippen molar-refractivity contribution in [1.82, 2.24) is 0 Å². The predicted molar refractivity (Wildman–Crippen MR) is 36.0 cm³/mol. The number of aldehydes is 2. The molecule has 0 amide bonds. The van der Waals surface area contributed by atoms with Crippen molar-refractivity contribution in [3.05, 3.63) is 0 Å². The average molecular weight is 163 g/mol. The van der Waals surface area contributed by atoms with Gasteiger partial charge in [-0.1, -0.05) is 0 Å². The van der Waals surface area contributed by atoms with Gasteiger partial charge in [0.05, 0.1) is 0 Å². The van der Waals surface area contributed by atoms with E-state index in [9.17, 15) is 14.4 Å². The van der Waals surface area contributed by atoms with Crippen LogP contribution in [-0.2, 0) is 14.4 Å². The van der Waals surface area contributed by atoms with Gasteiger partial charge < -0.3 is 9.59 Å². The molecule has 0 aromatic rings. The second-order valence-electron chi connectivity index (χ2n) is 1.91. The van der Waals surface area contributed by atoms with Gasteiger partial charge in [0.15, 0.2) is 10.7 Å². The standard InChI is InChI=1S/C6H7ClO3/c1-5(10)6(7,4-9)2-3-8/h3-4H,2H2,1H3. The number of halogens is 1. The van der Waals surface area contributed by atoms with E-state index in [2.05, 4.69) is 0 Å². The third kappa shape index (κ3) is 1.92. The molecule has 0 aliphatic rings. The topological polar surface area (TPSA) is 51.2 Å². The molecule has 0 spiro atoms. The molecule has 1 unspecified atom stereocenters. The van der Waals surface area contributed by atoms with Gasteiger partial charge >= 0.3 is 0 Å². The third-order valence-electron chi connectivity index (χ3n) is 1.15. The molecule has 0 heterocycles. The Morgan fingerprint density at radius 2 is 2.10 bits per heavy atom. The van der Waals surface area contributed by atoms with Crippen molar-refractivity contribution in [3.8, 4) is 0 Å². The summed E-state index contributed by atoms with van der Waals surface area (Å²) in [5.41, 5.74) is 0. The molecule has 0 aliphatic heterocycles. The summed E-state index contributed by atoms with van der Waals surface area (Å²) in [7, 11) is 0. The van der Waals surface area contributed by atoms with Crippen molar-refractivity contribution in [1.29, 1.82) is 0 Å². The van der Waals surface area contributed by atoms with E-state index >= 15 is 0 Å². The maximum atomic E-state index is 10.6. The number of alkyl halides is 1. The molecule has 56 valence electrons. The molecule has 0 saturated heterocycles. The first-order valence-corrected chi connectivity index (χ1v) is 3.04. The van der Waals surface area contributed by atoms with Gasteiger partial charge in [0.25, 0.3) is 0 Å². The van der Waals surface area contributed by atoms with Crippen LogP contribution in [0.5, 0.6) is 0 Å². The summed E-state index contributed by atoms with van der Waals surface area (Å²) in [6.07, 6.45) is 0.474. The Morgan fingerprint density at radius 3 is 2.20 bits per heavy atom. The molecule has 0 bridgehead atoms. The summed E-state index contributed by atoms with van der Waals surface area (Å²) in [6.45, 7) is 1.17. The second-order valence-corrected chi connectivity index (χ2v) is 2.58. The van der Waals surface area contributed by atoms with Crippen molar-refractivity contribution >= 4 is 30.0 Å². The highest BCUT2D eigenvalue weighted by Gasteiger charge is 2.31. The van der Waals surface area contributed by atoms with E-state index < -0.39 is 10.7 Å². The molecule has 0 fully saturated rings. The highest BCUT2D eigenvalue weighted by Crippen LogP contribution is 2.16. The summed E-state index contributed by atoms with van der Waals surface area (Å²) in [5.74, 6) is -0.503. The number of Topliss-reactive ketones (excluding diaryl/α,β-unsaturated/α-hetero) is 1. The molecule has 0 N–H and O–H groups in total. The summed E-state index contributed by atoms with van der Waals surface area (Å²) in [5, 5.41) is 0. The highest BCUT2D eigenvalue weighted by molar-refractivity contribution is 6.43. The van der Waals surface area contributed by atoms with Crippen molar-refractivity contribution in [2.24, 2.45) is 0 Å². The first kappa shape index (κ1) is 9.30. The summed E-state index contributed by atoms with van der Waals surface area (Å²) >= 11 is 5.41. The van der Waals surface area contributed by atoms with Crippen LogP contribution in [0.25, 0.3) is 0 Å². The molecule has 1 atom stereocenters. The molecule has 3 nitrogen and oxygen atoms in total. The number of rotatable bonds is 4. The summed E-state index contributed by atoms with van der Waals surface area (Å²) < 4.78 is 0. The van der Waals surface area contributed by atoms with Crippen LogP contribution in [0.1, 0.15) is 13.3 Å². The fourth-order valence-corrected chi connectivity index (χ4v) is 0.459. The molecular weight excluding hydrogens is 156 g/mol. The average Bonchev–Trinajstić information content (AvgIpc) is 1.88.